The number of halogens is 4. The predicted octanol–water partition coefficient (Wildman–Crippen LogP) is 2.60. The van der Waals surface area contributed by atoms with E-state index in [0.717, 1.165) is 25.9 Å². The number of rotatable bonds is 2. The van der Waals surface area contributed by atoms with Crippen molar-refractivity contribution in [2.24, 2.45) is 11.8 Å². The molecule has 1 N–H and O–H groups in total. The molecule has 0 unspecified atom stereocenters. The molecule has 2 fully saturated rings. The van der Waals surface area contributed by atoms with Gasteiger partial charge in [0.2, 0.25) is 5.91 Å². The molecule has 0 saturated carbocycles. The molecule has 2 aliphatic rings. The molecule has 0 spiro atoms. The van der Waals surface area contributed by atoms with Crippen LogP contribution in [-0.4, -0.2) is 43.2 Å². The van der Waals surface area contributed by atoms with E-state index < -0.39 is 12.1 Å². The number of nitrogens with zero attached hydrogens (tertiary/aromatic N) is 1. The summed E-state index contributed by atoms with van der Waals surface area (Å²) in [6.45, 7) is 2.39. The Hall–Kier alpha value is -0.490. The predicted molar refractivity (Wildman–Crippen MR) is 72.8 cm³/mol. The largest absolute Gasteiger partial charge is 0.391 e. The van der Waals surface area contributed by atoms with Crippen LogP contribution >= 0.6 is 12.4 Å². The summed E-state index contributed by atoms with van der Waals surface area (Å²) in [5.74, 6) is -0.794. The van der Waals surface area contributed by atoms with E-state index in [9.17, 15) is 18.0 Å². The van der Waals surface area contributed by atoms with Crippen molar-refractivity contribution >= 4 is 18.3 Å². The highest BCUT2D eigenvalue weighted by Gasteiger charge is 2.41. The van der Waals surface area contributed by atoms with Crippen LogP contribution in [0.15, 0.2) is 0 Å². The first kappa shape index (κ1) is 17.6. The van der Waals surface area contributed by atoms with Gasteiger partial charge in [-0.2, -0.15) is 13.2 Å². The summed E-state index contributed by atoms with van der Waals surface area (Å²) in [6, 6.07) is 0. The number of amides is 1. The van der Waals surface area contributed by atoms with Crippen LogP contribution in [0.25, 0.3) is 0 Å². The van der Waals surface area contributed by atoms with Crippen molar-refractivity contribution in [3.63, 3.8) is 0 Å². The Kier molecular flexibility index (Phi) is 6.58. The fraction of sp³-hybridized carbons (Fsp3) is 0.923. The second-order valence-electron chi connectivity index (χ2n) is 5.59. The van der Waals surface area contributed by atoms with Crippen molar-refractivity contribution in [2.45, 2.75) is 38.3 Å². The Morgan fingerprint density at radius 1 is 1.10 bits per heavy atom. The molecule has 0 aliphatic carbocycles. The summed E-state index contributed by atoms with van der Waals surface area (Å²) in [5, 5.41) is 3.24. The first-order valence-electron chi connectivity index (χ1n) is 7.02. The van der Waals surface area contributed by atoms with Gasteiger partial charge in [-0.25, -0.2) is 0 Å². The molecule has 7 heteroatoms. The number of hydrogen-bond acceptors (Lipinski definition) is 2. The van der Waals surface area contributed by atoms with Gasteiger partial charge in [-0.05, 0) is 44.7 Å². The molecule has 2 rings (SSSR count). The van der Waals surface area contributed by atoms with E-state index >= 15 is 0 Å². The topological polar surface area (TPSA) is 32.3 Å². The Balaban J connectivity index is 0.00000200. The molecule has 0 atom stereocenters. The normalized spacial score (nSPS) is 22.4. The van der Waals surface area contributed by atoms with Crippen LogP contribution in [0.5, 0.6) is 0 Å². The minimum atomic E-state index is -4.11. The van der Waals surface area contributed by atoms with Crippen molar-refractivity contribution in [2.75, 3.05) is 26.2 Å². The molecule has 0 bridgehead atoms. The van der Waals surface area contributed by atoms with Crippen molar-refractivity contribution in [3.8, 4) is 0 Å². The number of piperidine rings is 2. The summed E-state index contributed by atoms with van der Waals surface area (Å²) in [6.07, 6.45) is -1.51. The Labute approximate surface area is 123 Å². The van der Waals surface area contributed by atoms with Gasteiger partial charge in [0.15, 0.2) is 0 Å². The SMILES string of the molecule is Cl.O=C(CC1CCNCC1)N1CCC(C(F)(F)F)CC1. The summed E-state index contributed by atoms with van der Waals surface area (Å²) < 4.78 is 37.6. The average Bonchev–Trinajstić information content (AvgIpc) is 2.39. The highest BCUT2D eigenvalue weighted by Crippen LogP contribution is 2.34. The van der Waals surface area contributed by atoms with Crippen molar-refractivity contribution in [1.82, 2.24) is 10.2 Å². The molecule has 2 aliphatic heterocycles. The van der Waals surface area contributed by atoms with Gasteiger partial charge in [0.25, 0.3) is 0 Å². The van der Waals surface area contributed by atoms with Gasteiger partial charge < -0.3 is 10.2 Å². The maximum Gasteiger partial charge on any atom is 0.391 e. The molecule has 0 aromatic carbocycles. The van der Waals surface area contributed by atoms with E-state index in [1.165, 1.54) is 0 Å². The van der Waals surface area contributed by atoms with Gasteiger partial charge in [0.05, 0.1) is 5.92 Å². The molecular formula is C13H22ClF3N2O. The first-order chi connectivity index (χ1) is 8.97. The first-order valence-corrected chi connectivity index (χ1v) is 7.02. The molecule has 1 amide bonds. The van der Waals surface area contributed by atoms with Crippen LogP contribution < -0.4 is 5.32 Å². The van der Waals surface area contributed by atoms with E-state index in [-0.39, 0.29) is 44.2 Å². The van der Waals surface area contributed by atoms with E-state index in [0.29, 0.717) is 12.3 Å². The van der Waals surface area contributed by atoms with Crippen LogP contribution in [0, 0.1) is 11.8 Å². The molecule has 20 heavy (non-hydrogen) atoms. The Morgan fingerprint density at radius 3 is 2.15 bits per heavy atom. The van der Waals surface area contributed by atoms with E-state index in [1.807, 2.05) is 0 Å². The van der Waals surface area contributed by atoms with E-state index in [4.69, 9.17) is 0 Å². The van der Waals surface area contributed by atoms with Crippen LogP contribution in [0.2, 0.25) is 0 Å². The molecule has 3 nitrogen and oxygen atoms in total. The lowest BCUT2D eigenvalue weighted by Crippen LogP contribution is -2.43. The number of carbonyl (C=O) groups excluding carboxylic acids is 1. The minimum Gasteiger partial charge on any atom is -0.343 e. The van der Waals surface area contributed by atoms with E-state index in [2.05, 4.69) is 5.32 Å². The van der Waals surface area contributed by atoms with Gasteiger partial charge >= 0.3 is 6.18 Å². The number of nitrogens with one attached hydrogen (secondary N) is 1. The second kappa shape index (κ2) is 7.50. The third-order valence-corrected chi connectivity index (χ3v) is 4.23. The highest BCUT2D eigenvalue weighted by atomic mass is 35.5. The molecule has 0 radical (unpaired) electrons. The lowest BCUT2D eigenvalue weighted by atomic mass is 9.92. The average molecular weight is 315 g/mol. The zero-order valence-corrected chi connectivity index (χ0v) is 12.2. The number of carbonyl (C=O) groups is 1. The maximum absolute atomic E-state index is 12.5. The van der Waals surface area contributed by atoms with E-state index in [1.54, 1.807) is 4.90 Å². The molecular weight excluding hydrogens is 293 g/mol. The highest BCUT2D eigenvalue weighted by molar-refractivity contribution is 5.85. The quantitative estimate of drug-likeness (QED) is 0.850. The van der Waals surface area contributed by atoms with Crippen LogP contribution in [0.4, 0.5) is 13.2 Å². The molecule has 0 aromatic heterocycles. The number of alkyl halides is 3. The van der Waals surface area contributed by atoms with Gasteiger partial charge in [-0.1, -0.05) is 0 Å². The summed E-state index contributed by atoms with van der Waals surface area (Å²) >= 11 is 0. The Morgan fingerprint density at radius 2 is 1.65 bits per heavy atom. The van der Waals surface area contributed by atoms with Crippen molar-refractivity contribution in [3.05, 3.63) is 0 Å². The third-order valence-electron chi connectivity index (χ3n) is 4.23. The van der Waals surface area contributed by atoms with Gasteiger partial charge in [0, 0.05) is 19.5 Å². The fourth-order valence-corrected chi connectivity index (χ4v) is 2.92. The van der Waals surface area contributed by atoms with Crippen molar-refractivity contribution < 1.29 is 18.0 Å². The lowest BCUT2D eigenvalue weighted by Gasteiger charge is -2.34. The van der Waals surface area contributed by atoms with Crippen LogP contribution in [0.3, 0.4) is 0 Å². The number of hydrogen-bond donors (Lipinski definition) is 1. The molecule has 118 valence electrons. The lowest BCUT2D eigenvalue weighted by molar-refractivity contribution is -0.186. The van der Waals surface area contributed by atoms with Gasteiger partial charge in [-0.3, -0.25) is 4.79 Å². The zero-order valence-electron chi connectivity index (χ0n) is 11.4. The molecule has 2 heterocycles. The second-order valence-corrected chi connectivity index (χ2v) is 5.59. The summed E-state index contributed by atoms with van der Waals surface area (Å²) in [4.78, 5) is 13.7. The van der Waals surface area contributed by atoms with Crippen molar-refractivity contribution in [1.29, 1.82) is 0 Å². The van der Waals surface area contributed by atoms with Crippen LogP contribution in [0.1, 0.15) is 32.1 Å². The summed E-state index contributed by atoms with van der Waals surface area (Å²) in [7, 11) is 0. The molecule has 0 aromatic rings. The van der Waals surface area contributed by atoms with Gasteiger partial charge in [0.1, 0.15) is 0 Å². The van der Waals surface area contributed by atoms with Gasteiger partial charge in [-0.15, -0.1) is 12.4 Å². The maximum atomic E-state index is 12.5. The summed E-state index contributed by atoms with van der Waals surface area (Å²) in [5.41, 5.74) is 0. The fourth-order valence-electron chi connectivity index (χ4n) is 2.92. The molecule has 2 saturated heterocycles. The zero-order chi connectivity index (χ0) is 13.9. The smallest absolute Gasteiger partial charge is 0.343 e. The monoisotopic (exact) mass is 314 g/mol. The number of likely N-dealkylation sites (tertiary alicyclic amines) is 1. The third kappa shape index (κ3) is 4.81. The minimum absolute atomic E-state index is 0. The standard InChI is InChI=1S/C13H21F3N2O.ClH/c14-13(15,16)11-3-7-18(8-4-11)12(19)9-10-1-5-17-6-2-10;/h10-11,17H,1-9H2;1H. The Bertz CT molecular complexity index is 311. The van der Waals surface area contributed by atoms with Crippen LogP contribution in [-0.2, 0) is 4.79 Å².